The van der Waals surface area contributed by atoms with Gasteiger partial charge in [-0.15, -0.1) is 0 Å². The van der Waals surface area contributed by atoms with E-state index in [4.69, 9.17) is 15.3 Å². The Morgan fingerprint density at radius 2 is 1.55 bits per heavy atom. The van der Waals surface area contributed by atoms with E-state index < -0.39 is 10.4 Å². The largest absolute Gasteiger partial charge is 0.395 e. The first-order valence-corrected chi connectivity index (χ1v) is 4.47. The fraction of sp³-hybridized carbons (Fsp3) is 1.00. The summed E-state index contributed by atoms with van der Waals surface area (Å²) in [6.07, 6.45) is 0. The molecule has 0 aromatic carbocycles. The number of halogens is 2. The standard InChI is InChI=1S/C5H10Br2O4/c6-4(11-7)5(1-8,2-9)3-10/h4,8-10H,1-3H2. The molecule has 0 aromatic heterocycles. The molecule has 0 bridgehead atoms. The molecule has 1 atom stereocenters. The van der Waals surface area contributed by atoms with Crippen LogP contribution in [0.2, 0.25) is 0 Å². The highest BCUT2D eigenvalue weighted by atomic mass is 79.9. The minimum absolute atomic E-state index is 0.360. The molecule has 0 amide bonds. The van der Waals surface area contributed by atoms with E-state index in [0.29, 0.717) is 0 Å². The minimum atomic E-state index is -1.05. The quantitative estimate of drug-likeness (QED) is 0.624. The zero-order valence-corrected chi connectivity index (χ0v) is 8.88. The van der Waals surface area contributed by atoms with E-state index in [0.717, 1.165) is 0 Å². The lowest BCUT2D eigenvalue weighted by atomic mass is 9.93. The summed E-state index contributed by atoms with van der Waals surface area (Å²) in [5.41, 5.74) is -1.05. The highest BCUT2D eigenvalue weighted by Gasteiger charge is 2.37. The Balaban J connectivity index is 4.26. The van der Waals surface area contributed by atoms with Crippen LogP contribution in [0.15, 0.2) is 0 Å². The molecule has 0 radical (unpaired) electrons. The molecule has 11 heavy (non-hydrogen) atoms. The van der Waals surface area contributed by atoms with Gasteiger partial charge >= 0.3 is 0 Å². The van der Waals surface area contributed by atoms with Gasteiger partial charge in [-0.25, -0.2) is 0 Å². The van der Waals surface area contributed by atoms with Crippen molar-refractivity contribution in [1.29, 1.82) is 0 Å². The van der Waals surface area contributed by atoms with Crippen LogP contribution in [0, 0.1) is 5.41 Å². The van der Waals surface area contributed by atoms with Crippen molar-refractivity contribution in [3.63, 3.8) is 0 Å². The third-order valence-electron chi connectivity index (χ3n) is 1.50. The molecule has 0 rings (SSSR count). The average Bonchev–Trinajstić information content (AvgIpc) is 2.08. The lowest BCUT2D eigenvalue weighted by Crippen LogP contribution is -2.42. The highest BCUT2D eigenvalue weighted by molar-refractivity contribution is 9.10. The zero-order chi connectivity index (χ0) is 8.91. The Morgan fingerprint density at radius 3 is 1.64 bits per heavy atom. The second-order valence-electron chi connectivity index (χ2n) is 2.24. The third-order valence-corrected chi connectivity index (χ3v) is 3.54. The fourth-order valence-electron chi connectivity index (χ4n) is 0.460. The van der Waals surface area contributed by atoms with Gasteiger partial charge in [-0.1, -0.05) is 15.9 Å². The van der Waals surface area contributed by atoms with Gasteiger partial charge in [-0.2, -0.15) is 0 Å². The molecular weight excluding hydrogens is 284 g/mol. The molecule has 0 aliphatic carbocycles. The predicted molar refractivity (Wildman–Crippen MR) is 46.4 cm³/mol. The zero-order valence-electron chi connectivity index (χ0n) is 5.70. The van der Waals surface area contributed by atoms with Gasteiger partial charge in [-0.05, 0) is 0 Å². The lowest BCUT2D eigenvalue weighted by molar-refractivity contribution is -0.0295. The maximum absolute atomic E-state index is 8.83. The molecule has 0 spiro atoms. The Bertz CT molecular complexity index is 98.4. The van der Waals surface area contributed by atoms with Crippen molar-refractivity contribution in [2.45, 2.75) is 5.01 Å². The molecule has 68 valence electrons. The van der Waals surface area contributed by atoms with Gasteiger partial charge in [0.15, 0.2) is 0 Å². The first kappa shape index (κ1) is 11.8. The van der Waals surface area contributed by atoms with Gasteiger partial charge in [0.05, 0.1) is 41.5 Å². The lowest BCUT2D eigenvalue weighted by Gasteiger charge is -2.30. The summed E-state index contributed by atoms with van der Waals surface area (Å²) in [5, 5.41) is 25.9. The number of hydrogen-bond acceptors (Lipinski definition) is 4. The van der Waals surface area contributed by atoms with Gasteiger partial charge < -0.3 is 15.3 Å². The van der Waals surface area contributed by atoms with E-state index in [1.807, 2.05) is 0 Å². The Morgan fingerprint density at radius 1 is 1.18 bits per heavy atom. The van der Waals surface area contributed by atoms with Gasteiger partial charge in [0.1, 0.15) is 5.01 Å². The van der Waals surface area contributed by atoms with Crippen molar-refractivity contribution in [3.05, 3.63) is 0 Å². The van der Waals surface area contributed by atoms with Crippen LogP contribution in [0.5, 0.6) is 0 Å². The summed E-state index contributed by atoms with van der Waals surface area (Å²) < 4.78 is 4.64. The molecule has 0 fully saturated rings. The predicted octanol–water partition coefficient (Wildman–Crippen LogP) is -0.00280. The van der Waals surface area contributed by atoms with E-state index in [1.54, 1.807) is 0 Å². The van der Waals surface area contributed by atoms with Gasteiger partial charge in [0, 0.05) is 0 Å². The van der Waals surface area contributed by atoms with Gasteiger partial charge in [0.2, 0.25) is 0 Å². The highest BCUT2D eigenvalue weighted by Crippen LogP contribution is 2.28. The molecule has 0 aromatic rings. The van der Waals surface area contributed by atoms with E-state index in [9.17, 15) is 0 Å². The molecule has 0 heterocycles. The first-order valence-electron chi connectivity index (χ1n) is 2.91. The maximum atomic E-state index is 8.83. The van der Waals surface area contributed by atoms with Crippen LogP contribution in [0.4, 0.5) is 0 Å². The normalized spacial score (nSPS) is 15.0. The van der Waals surface area contributed by atoms with E-state index in [2.05, 4.69) is 36.0 Å². The van der Waals surface area contributed by atoms with Crippen LogP contribution in [0.25, 0.3) is 0 Å². The van der Waals surface area contributed by atoms with Crippen molar-refractivity contribution in [2.75, 3.05) is 19.8 Å². The van der Waals surface area contributed by atoms with E-state index in [1.165, 1.54) is 0 Å². The van der Waals surface area contributed by atoms with Crippen LogP contribution < -0.4 is 0 Å². The van der Waals surface area contributed by atoms with Crippen molar-refractivity contribution < 1.29 is 19.1 Å². The molecule has 3 N–H and O–H groups in total. The molecule has 4 nitrogen and oxygen atoms in total. The number of aliphatic hydroxyl groups excluding tert-OH is 3. The third kappa shape index (κ3) is 2.64. The van der Waals surface area contributed by atoms with E-state index in [-0.39, 0.29) is 19.8 Å². The number of alkyl halides is 1. The van der Waals surface area contributed by atoms with Crippen LogP contribution >= 0.6 is 32.2 Å². The topological polar surface area (TPSA) is 69.9 Å². The molecule has 0 aliphatic heterocycles. The SMILES string of the molecule is OCC(CO)(CO)C(Br)OBr. The molecule has 0 aliphatic rings. The second-order valence-corrected chi connectivity index (χ2v) is 3.45. The summed E-state index contributed by atoms with van der Waals surface area (Å²) in [4.78, 5) is 0. The summed E-state index contributed by atoms with van der Waals surface area (Å²) >= 11 is 5.72. The summed E-state index contributed by atoms with van der Waals surface area (Å²) in [7, 11) is 0. The molecule has 0 saturated heterocycles. The number of hydrogen-bond donors (Lipinski definition) is 3. The smallest absolute Gasteiger partial charge is 0.139 e. The van der Waals surface area contributed by atoms with Gasteiger partial charge in [-0.3, -0.25) is 3.83 Å². The summed E-state index contributed by atoms with van der Waals surface area (Å²) in [6.45, 7) is -1.08. The van der Waals surface area contributed by atoms with Crippen LogP contribution in [-0.4, -0.2) is 40.2 Å². The monoisotopic (exact) mass is 292 g/mol. The summed E-state index contributed by atoms with van der Waals surface area (Å²) in [5.74, 6) is 0. The number of aliphatic hydroxyl groups is 3. The molecule has 6 heteroatoms. The van der Waals surface area contributed by atoms with E-state index >= 15 is 0 Å². The first-order chi connectivity index (χ1) is 5.16. The molecule has 0 saturated carbocycles. The Hall–Kier alpha value is 0.800. The average molecular weight is 294 g/mol. The van der Waals surface area contributed by atoms with Crippen molar-refractivity contribution in [3.8, 4) is 0 Å². The Labute approximate surface area is 81.8 Å². The van der Waals surface area contributed by atoms with Crippen molar-refractivity contribution >= 4 is 32.2 Å². The maximum Gasteiger partial charge on any atom is 0.139 e. The number of rotatable bonds is 5. The minimum Gasteiger partial charge on any atom is -0.395 e. The fourth-order valence-corrected chi connectivity index (χ4v) is 1.29. The molecular formula is C5H10Br2O4. The summed E-state index contributed by atoms with van der Waals surface area (Å²) in [6, 6.07) is 0. The van der Waals surface area contributed by atoms with Crippen LogP contribution in [-0.2, 0) is 3.83 Å². The van der Waals surface area contributed by atoms with Crippen molar-refractivity contribution in [2.24, 2.45) is 5.41 Å². The van der Waals surface area contributed by atoms with Crippen molar-refractivity contribution in [1.82, 2.24) is 0 Å². The second kappa shape index (κ2) is 5.45. The van der Waals surface area contributed by atoms with Crippen LogP contribution in [0.1, 0.15) is 0 Å². The Kier molecular flexibility index (Phi) is 5.84. The van der Waals surface area contributed by atoms with Crippen LogP contribution in [0.3, 0.4) is 0 Å². The van der Waals surface area contributed by atoms with Gasteiger partial charge in [0.25, 0.3) is 0 Å². The molecule has 1 unspecified atom stereocenters.